The molecule has 2 aliphatic heterocycles. The molecule has 0 bridgehead atoms. The molecule has 1 aromatic rings. The first-order valence-electron chi connectivity index (χ1n) is 8.44. The second kappa shape index (κ2) is 7.70. The summed E-state index contributed by atoms with van der Waals surface area (Å²) in [5, 5.41) is 7.32. The highest BCUT2D eigenvalue weighted by atomic mass is 35.5. The minimum atomic E-state index is -0.264. The summed E-state index contributed by atoms with van der Waals surface area (Å²) in [7, 11) is 1.53. The van der Waals surface area contributed by atoms with Gasteiger partial charge in [0.15, 0.2) is 5.82 Å². The zero-order valence-electron chi connectivity index (χ0n) is 14.9. The summed E-state index contributed by atoms with van der Waals surface area (Å²) in [6.07, 6.45) is 1.25. The van der Waals surface area contributed by atoms with E-state index in [9.17, 15) is 9.59 Å². The van der Waals surface area contributed by atoms with E-state index >= 15 is 0 Å². The summed E-state index contributed by atoms with van der Waals surface area (Å²) in [4.78, 5) is 32.7. The van der Waals surface area contributed by atoms with Gasteiger partial charge in [-0.05, 0) is 13.3 Å². The number of aromatic nitrogens is 3. The predicted octanol–water partition coefficient (Wildman–Crippen LogP) is 0.520. The zero-order chi connectivity index (χ0) is 17.3. The summed E-state index contributed by atoms with van der Waals surface area (Å²) in [5.41, 5.74) is -0.264. The Morgan fingerprint density at radius 1 is 1.32 bits per heavy atom. The first-order valence-corrected chi connectivity index (χ1v) is 8.44. The second-order valence-corrected chi connectivity index (χ2v) is 6.75. The number of halogens is 1. The summed E-state index contributed by atoms with van der Waals surface area (Å²) < 4.78 is 4.97. The Hall–Kier alpha value is -1.67. The SMILES string of the molecule is CCC(=O)N1C[C@H]2CN(C(=O)COC)CC[C@@]2(c2n[nH]c(C)n2)C1.Cl. The molecule has 0 spiro atoms. The van der Waals surface area contributed by atoms with Crippen LogP contribution in [-0.2, 0) is 19.7 Å². The molecule has 0 aliphatic carbocycles. The summed E-state index contributed by atoms with van der Waals surface area (Å²) >= 11 is 0. The predicted molar refractivity (Wildman–Crippen MR) is 93.5 cm³/mol. The number of hydrogen-bond donors (Lipinski definition) is 1. The molecular weight excluding hydrogens is 346 g/mol. The van der Waals surface area contributed by atoms with Gasteiger partial charge >= 0.3 is 0 Å². The van der Waals surface area contributed by atoms with Crippen molar-refractivity contribution in [2.24, 2.45) is 5.92 Å². The molecule has 3 heterocycles. The van der Waals surface area contributed by atoms with Gasteiger partial charge in [-0.2, -0.15) is 5.10 Å². The van der Waals surface area contributed by atoms with Gasteiger partial charge < -0.3 is 14.5 Å². The van der Waals surface area contributed by atoms with Crippen LogP contribution in [0.15, 0.2) is 0 Å². The third-order valence-corrected chi connectivity index (χ3v) is 5.28. The Morgan fingerprint density at radius 3 is 2.64 bits per heavy atom. The van der Waals surface area contributed by atoms with Crippen LogP contribution in [0.1, 0.15) is 31.4 Å². The van der Waals surface area contributed by atoms with E-state index in [1.165, 1.54) is 7.11 Å². The Morgan fingerprint density at radius 2 is 2.04 bits per heavy atom. The van der Waals surface area contributed by atoms with Crippen molar-refractivity contribution in [2.45, 2.75) is 32.1 Å². The highest BCUT2D eigenvalue weighted by Crippen LogP contribution is 2.44. The molecular formula is C16H26ClN5O3. The Balaban J connectivity index is 0.00000225. The molecule has 0 aromatic carbocycles. The Kier molecular flexibility index (Phi) is 6.05. The number of hydrogen-bond acceptors (Lipinski definition) is 5. The number of fused-ring (bicyclic) bond motifs is 1. The van der Waals surface area contributed by atoms with Crippen molar-refractivity contribution < 1.29 is 14.3 Å². The molecule has 2 aliphatic rings. The van der Waals surface area contributed by atoms with Crippen molar-refractivity contribution in [3.05, 3.63) is 11.6 Å². The van der Waals surface area contributed by atoms with Crippen molar-refractivity contribution in [3.63, 3.8) is 0 Å². The van der Waals surface area contributed by atoms with Gasteiger partial charge in [0.2, 0.25) is 11.8 Å². The number of H-pyrrole nitrogens is 1. The van der Waals surface area contributed by atoms with Crippen molar-refractivity contribution in [1.29, 1.82) is 0 Å². The Labute approximate surface area is 153 Å². The van der Waals surface area contributed by atoms with Crippen molar-refractivity contribution in [1.82, 2.24) is 25.0 Å². The van der Waals surface area contributed by atoms with Gasteiger partial charge in [-0.3, -0.25) is 14.7 Å². The summed E-state index contributed by atoms with van der Waals surface area (Å²) in [6.45, 7) is 6.39. The van der Waals surface area contributed by atoms with E-state index in [4.69, 9.17) is 4.74 Å². The van der Waals surface area contributed by atoms with Crippen molar-refractivity contribution >= 4 is 24.2 Å². The topological polar surface area (TPSA) is 91.4 Å². The monoisotopic (exact) mass is 371 g/mol. The number of nitrogens with one attached hydrogen (secondary N) is 1. The number of amides is 2. The molecule has 9 heteroatoms. The maximum Gasteiger partial charge on any atom is 0.248 e. The fourth-order valence-corrected chi connectivity index (χ4v) is 3.97. The molecule has 0 radical (unpaired) electrons. The quantitative estimate of drug-likeness (QED) is 0.833. The molecule has 2 fully saturated rings. The third kappa shape index (κ3) is 3.50. The van der Waals surface area contributed by atoms with Crippen LogP contribution in [0, 0.1) is 12.8 Å². The van der Waals surface area contributed by atoms with E-state index < -0.39 is 0 Å². The summed E-state index contributed by atoms with van der Waals surface area (Å²) in [5.74, 6) is 1.84. The fraction of sp³-hybridized carbons (Fsp3) is 0.750. The van der Waals surface area contributed by atoms with Crippen LogP contribution in [0.4, 0.5) is 0 Å². The van der Waals surface area contributed by atoms with Crippen LogP contribution >= 0.6 is 12.4 Å². The largest absolute Gasteiger partial charge is 0.375 e. The average molecular weight is 372 g/mol. The minimum absolute atomic E-state index is 0. The van der Waals surface area contributed by atoms with Gasteiger partial charge in [0, 0.05) is 45.6 Å². The zero-order valence-corrected chi connectivity index (χ0v) is 15.8. The van der Waals surface area contributed by atoms with Gasteiger partial charge in [-0.25, -0.2) is 4.98 Å². The fourth-order valence-electron chi connectivity index (χ4n) is 3.97. The summed E-state index contributed by atoms with van der Waals surface area (Å²) in [6, 6.07) is 0. The number of ether oxygens (including phenoxy) is 1. The maximum absolute atomic E-state index is 12.2. The first-order chi connectivity index (χ1) is 11.5. The van der Waals surface area contributed by atoms with Gasteiger partial charge in [0.25, 0.3) is 0 Å². The van der Waals surface area contributed by atoms with Crippen LogP contribution in [0.3, 0.4) is 0 Å². The van der Waals surface area contributed by atoms with E-state index in [1.54, 1.807) is 0 Å². The number of likely N-dealkylation sites (tertiary alicyclic amines) is 2. The van der Waals surface area contributed by atoms with E-state index in [2.05, 4.69) is 15.2 Å². The molecule has 2 amide bonds. The molecule has 8 nitrogen and oxygen atoms in total. The lowest BCUT2D eigenvalue weighted by Gasteiger charge is -2.41. The normalized spacial score (nSPS) is 25.5. The highest BCUT2D eigenvalue weighted by molar-refractivity contribution is 5.85. The highest BCUT2D eigenvalue weighted by Gasteiger charge is 2.54. The standard InChI is InChI=1S/C16H25N5O3.ClH/c1-4-13(22)21-8-12-7-20(14(23)9-24-3)6-5-16(12,10-21)15-17-11(2)18-19-15;/h12H,4-10H2,1-3H3,(H,17,18,19);1H/t12-,16-;/m1./s1. The van der Waals surface area contributed by atoms with Crippen LogP contribution in [0.5, 0.6) is 0 Å². The van der Waals surface area contributed by atoms with Gasteiger partial charge in [-0.1, -0.05) is 6.92 Å². The molecule has 1 aromatic heterocycles. The third-order valence-electron chi connectivity index (χ3n) is 5.28. The molecule has 2 saturated heterocycles. The molecule has 25 heavy (non-hydrogen) atoms. The molecule has 0 unspecified atom stereocenters. The molecule has 2 atom stereocenters. The number of piperidine rings is 1. The average Bonchev–Trinajstić information content (AvgIpc) is 3.17. The number of aromatic amines is 1. The molecule has 3 rings (SSSR count). The lowest BCUT2D eigenvalue weighted by molar-refractivity contribution is -0.137. The number of rotatable bonds is 4. The maximum atomic E-state index is 12.2. The second-order valence-electron chi connectivity index (χ2n) is 6.75. The number of carbonyl (C=O) groups excluding carboxylic acids is 2. The van der Waals surface area contributed by atoms with Gasteiger partial charge in [0.05, 0.1) is 5.41 Å². The van der Waals surface area contributed by atoms with E-state index in [1.807, 2.05) is 23.6 Å². The molecule has 1 N–H and O–H groups in total. The number of methoxy groups -OCH3 is 1. The lowest BCUT2D eigenvalue weighted by Crippen LogP contribution is -2.52. The van der Waals surface area contributed by atoms with Crippen LogP contribution in [-0.4, -0.2) is 76.7 Å². The van der Waals surface area contributed by atoms with Crippen LogP contribution in [0.25, 0.3) is 0 Å². The van der Waals surface area contributed by atoms with Crippen molar-refractivity contribution in [2.75, 3.05) is 39.9 Å². The van der Waals surface area contributed by atoms with Crippen LogP contribution in [0.2, 0.25) is 0 Å². The Bertz CT molecular complexity index is 637. The van der Waals surface area contributed by atoms with E-state index in [0.29, 0.717) is 32.6 Å². The molecule has 140 valence electrons. The molecule has 0 saturated carbocycles. The van der Waals surface area contributed by atoms with Gasteiger partial charge in [-0.15, -0.1) is 12.4 Å². The lowest BCUT2D eigenvalue weighted by atomic mass is 9.72. The van der Waals surface area contributed by atoms with Crippen molar-refractivity contribution in [3.8, 4) is 0 Å². The van der Waals surface area contributed by atoms with E-state index in [0.717, 1.165) is 18.1 Å². The first kappa shape index (κ1) is 19.7. The van der Waals surface area contributed by atoms with Gasteiger partial charge in [0.1, 0.15) is 12.4 Å². The number of nitrogens with zero attached hydrogens (tertiary/aromatic N) is 4. The number of carbonyl (C=O) groups is 2. The minimum Gasteiger partial charge on any atom is -0.375 e. The van der Waals surface area contributed by atoms with E-state index in [-0.39, 0.29) is 42.2 Å². The smallest absolute Gasteiger partial charge is 0.248 e. The number of aryl methyl sites for hydroxylation is 1. The van der Waals surface area contributed by atoms with Crippen LogP contribution < -0.4 is 0 Å².